The quantitative estimate of drug-likeness (QED) is 0.154. The SMILES string of the molecule is CC(C)(C)c1cc2c3c(c1)N1c4ccccc4C4(c5ccccc5-c5ccccc54)c4cccc(c41)B3N(c1ccc3c(c1)C(C)(C)CCC3(C)C)c1ccc3oc4ccccc4c3c1-2. The smallest absolute Gasteiger partial charge is 0.333 e. The van der Waals surface area contributed by atoms with Crippen LogP contribution in [-0.2, 0) is 21.7 Å². The van der Waals surface area contributed by atoms with Crippen LogP contribution in [0.3, 0.4) is 0 Å². The summed E-state index contributed by atoms with van der Waals surface area (Å²) in [6, 6.07) is 60.7. The molecule has 4 heteroatoms. The first-order valence-electron chi connectivity index (χ1n) is 23.7. The van der Waals surface area contributed by atoms with Gasteiger partial charge < -0.3 is 14.1 Å². The van der Waals surface area contributed by atoms with E-state index in [-0.39, 0.29) is 23.1 Å². The van der Waals surface area contributed by atoms with E-state index in [1.807, 2.05) is 0 Å². The molecule has 3 nitrogen and oxygen atoms in total. The average molecular weight is 839 g/mol. The van der Waals surface area contributed by atoms with E-state index >= 15 is 0 Å². The molecule has 0 bridgehead atoms. The van der Waals surface area contributed by atoms with E-state index in [4.69, 9.17) is 4.42 Å². The number of anilines is 5. The first-order valence-corrected chi connectivity index (χ1v) is 23.7. The van der Waals surface area contributed by atoms with Crippen molar-refractivity contribution in [3.05, 3.63) is 197 Å². The first-order chi connectivity index (χ1) is 31.4. The lowest BCUT2D eigenvalue weighted by atomic mass is 9.42. The second-order valence-corrected chi connectivity index (χ2v) is 21.8. The van der Waals surface area contributed by atoms with E-state index in [1.54, 1.807) is 0 Å². The molecule has 0 saturated carbocycles. The summed E-state index contributed by atoms with van der Waals surface area (Å²) in [4.78, 5) is 5.41. The topological polar surface area (TPSA) is 19.6 Å². The maximum Gasteiger partial charge on any atom is 0.333 e. The van der Waals surface area contributed by atoms with Crippen molar-refractivity contribution < 1.29 is 4.42 Å². The molecule has 0 fully saturated rings. The monoisotopic (exact) mass is 838 g/mol. The number of rotatable bonds is 1. The molecule has 0 atom stereocenters. The van der Waals surface area contributed by atoms with Gasteiger partial charge in [-0.2, -0.15) is 0 Å². The lowest BCUT2D eigenvalue weighted by Gasteiger charge is -2.52. The van der Waals surface area contributed by atoms with Gasteiger partial charge in [-0.25, -0.2) is 0 Å². The predicted molar refractivity (Wildman–Crippen MR) is 272 cm³/mol. The fourth-order valence-electron chi connectivity index (χ4n) is 13.3. The number of para-hydroxylation sites is 3. The molecule has 0 unspecified atom stereocenters. The lowest BCUT2D eigenvalue weighted by Crippen LogP contribution is -2.63. The minimum atomic E-state index is -0.506. The van der Waals surface area contributed by atoms with Gasteiger partial charge in [0.25, 0.3) is 0 Å². The largest absolute Gasteiger partial charge is 0.456 e. The van der Waals surface area contributed by atoms with Crippen molar-refractivity contribution in [1.82, 2.24) is 0 Å². The molecule has 2 aliphatic carbocycles. The molecule has 1 aromatic heterocycles. The number of nitrogens with zero attached hydrogens (tertiary/aromatic N) is 2. The summed E-state index contributed by atoms with van der Waals surface area (Å²) in [5.41, 5.74) is 25.2. The highest BCUT2D eigenvalue weighted by Gasteiger charge is 2.56. The lowest BCUT2D eigenvalue weighted by molar-refractivity contribution is 0.332. The predicted octanol–water partition coefficient (Wildman–Crippen LogP) is 14.6. The van der Waals surface area contributed by atoms with Crippen LogP contribution in [0.25, 0.3) is 44.2 Å². The summed E-state index contributed by atoms with van der Waals surface area (Å²) in [6.07, 6.45) is 2.34. The maximum absolute atomic E-state index is 6.75. The van der Waals surface area contributed by atoms with E-state index in [0.717, 1.165) is 23.0 Å². The van der Waals surface area contributed by atoms with Crippen molar-refractivity contribution in [3.63, 3.8) is 0 Å². The standard InChI is InChI=1S/C61H51BN2O/c1-58(2,3)36-33-41-54-50(29-30-53-55(54)40-19-10-15-26-52(40)65-53)64(37-27-28-44-47(35-37)60(6,7)32-31-59(44,4)5)62-48-24-16-23-46-57(48)63(51(34-36)56(41)62)49-25-14-13-22-45(49)61(46)42-20-11-8-17-38(42)39-18-9-12-21-43(39)61/h8-30,33-35H,31-32H2,1-7H3. The Morgan fingerprint density at radius 3 is 1.94 bits per heavy atom. The van der Waals surface area contributed by atoms with Crippen molar-refractivity contribution in [2.24, 2.45) is 0 Å². The third kappa shape index (κ3) is 4.63. The fraction of sp³-hybridized carbons (Fsp3) is 0.213. The highest BCUT2D eigenvalue weighted by Crippen LogP contribution is 2.64. The molecule has 8 aromatic carbocycles. The molecule has 5 aliphatic rings. The Bertz CT molecular complexity index is 3540. The Balaban J connectivity index is 1.16. The van der Waals surface area contributed by atoms with Crippen LogP contribution >= 0.6 is 0 Å². The van der Waals surface area contributed by atoms with Gasteiger partial charge >= 0.3 is 6.85 Å². The van der Waals surface area contributed by atoms with Gasteiger partial charge in [-0.15, -0.1) is 0 Å². The van der Waals surface area contributed by atoms with Gasteiger partial charge in [-0.1, -0.05) is 164 Å². The van der Waals surface area contributed by atoms with Gasteiger partial charge in [0.1, 0.15) is 11.2 Å². The van der Waals surface area contributed by atoms with Gasteiger partial charge in [-0.05, 0) is 138 Å². The maximum atomic E-state index is 6.75. The van der Waals surface area contributed by atoms with Crippen LogP contribution in [0.1, 0.15) is 100 Å². The van der Waals surface area contributed by atoms with Crippen molar-refractivity contribution >= 4 is 68.1 Å². The molecular formula is C61H51BN2O. The first kappa shape index (κ1) is 37.6. The Morgan fingerprint density at radius 2 is 1.18 bits per heavy atom. The zero-order chi connectivity index (χ0) is 43.9. The highest BCUT2D eigenvalue weighted by atomic mass is 16.3. The van der Waals surface area contributed by atoms with Crippen molar-refractivity contribution in [1.29, 1.82) is 0 Å². The molecule has 9 aromatic rings. The van der Waals surface area contributed by atoms with Crippen LogP contribution in [0.4, 0.5) is 28.4 Å². The average Bonchev–Trinajstić information content (AvgIpc) is 3.84. The van der Waals surface area contributed by atoms with E-state index in [1.165, 1.54) is 112 Å². The van der Waals surface area contributed by atoms with Crippen LogP contribution in [0.15, 0.2) is 162 Å². The third-order valence-electron chi connectivity index (χ3n) is 16.5. The van der Waals surface area contributed by atoms with Crippen LogP contribution in [0, 0.1) is 0 Å². The molecule has 0 N–H and O–H groups in total. The van der Waals surface area contributed by atoms with Crippen LogP contribution in [0.2, 0.25) is 0 Å². The number of furan rings is 1. The summed E-state index contributed by atoms with van der Waals surface area (Å²) < 4.78 is 6.75. The van der Waals surface area contributed by atoms with Gasteiger partial charge in [0, 0.05) is 39.1 Å². The van der Waals surface area contributed by atoms with Gasteiger partial charge in [0.2, 0.25) is 0 Å². The second-order valence-electron chi connectivity index (χ2n) is 21.8. The summed E-state index contributed by atoms with van der Waals surface area (Å²) in [5.74, 6) is 0. The number of fused-ring (bicyclic) bond motifs is 18. The zero-order valence-electron chi connectivity index (χ0n) is 38.3. The van der Waals surface area contributed by atoms with Gasteiger partial charge in [-0.3, -0.25) is 0 Å². The zero-order valence-corrected chi connectivity index (χ0v) is 38.3. The summed E-state index contributed by atoms with van der Waals surface area (Å²) >= 11 is 0. The summed E-state index contributed by atoms with van der Waals surface area (Å²) in [7, 11) is 0. The van der Waals surface area contributed by atoms with Crippen molar-refractivity contribution in [2.75, 3.05) is 9.71 Å². The van der Waals surface area contributed by atoms with Crippen LogP contribution < -0.4 is 20.6 Å². The number of hydrogen-bond donors (Lipinski definition) is 0. The minimum absolute atomic E-state index is 0.0451. The molecular weight excluding hydrogens is 787 g/mol. The molecule has 314 valence electrons. The summed E-state index contributed by atoms with van der Waals surface area (Å²) in [6.45, 7) is 16.8. The molecule has 0 radical (unpaired) electrons. The normalized spacial score (nSPS) is 17.3. The van der Waals surface area contributed by atoms with Gasteiger partial charge in [0.15, 0.2) is 0 Å². The Kier molecular flexibility index (Phi) is 7.12. The second kappa shape index (κ2) is 12.3. The molecule has 14 rings (SSSR count). The molecule has 1 spiro atoms. The summed E-state index contributed by atoms with van der Waals surface area (Å²) in [5, 5.41) is 2.34. The fourth-order valence-corrected chi connectivity index (χ4v) is 13.3. The van der Waals surface area contributed by atoms with E-state index < -0.39 is 5.41 Å². The third-order valence-corrected chi connectivity index (χ3v) is 16.5. The number of hydrogen-bond acceptors (Lipinski definition) is 3. The van der Waals surface area contributed by atoms with E-state index in [9.17, 15) is 0 Å². The molecule has 0 amide bonds. The number of benzene rings is 8. The van der Waals surface area contributed by atoms with Gasteiger partial charge in [0.05, 0.1) is 11.1 Å². The van der Waals surface area contributed by atoms with E-state index in [2.05, 4.69) is 216 Å². The molecule has 4 heterocycles. The molecule has 3 aliphatic heterocycles. The van der Waals surface area contributed by atoms with Crippen LogP contribution in [0.5, 0.6) is 0 Å². The van der Waals surface area contributed by atoms with E-state index in [0.29, 0.717) is 0 Å². The highest BCUT2D eigenvalue weighted by molar-refractivity contribution is 6.93. The van der Waals surface area contributed by atoms with Crippen LogP contribution in [-0.4, -0.2) is 6.85 Å². The Hall–Kier alpha value is -6.78. The molecule has 0 saturated heterocycles. The van der Waals surface area contributed by atoms with Crippen molar-refractivity contribution in [3.8, 4) is 22.3 Å². The molecule has 65 heavy (non-hydrogen) atoms. The Morgan fingerprint density at radius 1 is 0.523 bits per heavy atom. The minimum Gasteiger partial charge on any atom is -0.456 e. The Labute approximate surface area is 382 Å². The van der Waals surface area contributed by atoms with Crippen molar-refractivity contribution in [2.45, 2.75) is 83.0 Å².